The van der Waals surface area contributed by atoms with Crippen molar-refractivity contribution in [2.24, 2.45) is 4.99 Å². The van der Waals surface area contributed by atoms with Crippen LogP contribution < -0.4 is 4.74 Å². The van der Waals surface area contributed by atoms with Crippen LogP contribution >= 0.6 is 0 Å². The zero-order valence-electron chi connectivity index (χ0n) is 10.4. The SMILES string of the molecule is FC(F)C(F)(F)Oc1cccc(CCC2COC=N2)c1. The maximum Gasteiger partial charge on any atom is 0.461 e. The second-order valence-electron chi connectivity index (χ2n) is 4.39. The number of aryl methyl sites for hydroxylation is 1. The van der Waals surface area contributed by atoms with E-state index in [0.717, 1.165) is 5.56 Å². The molecule has 0 aliphatic carbocycles. The number of rotatable bonds is 6. The number of aliphatic imine (C=N–C) groups is 1. The van der Waals surface area contributed by atoms with E-state index in [4.69, 9.17) is 4.74 Å². The minimum Gasteiger partial charge on any atom is -0.481 e. The van der Waals surface area contributed by atoms with Crippen LogP contribution in [0, 0.1) is 0 Å². The van der Waals surface area contributed by atoms with Gasteiger partial charge in [-0.3, -0.25) is 4.99 Å². The van der Waals surface area contributed by atoms with Gasteiger partial charge >= 0.3 is 12.5 Å². The average molecular weight is 291 g/mol. The van der Waals surface area contributed by atoms with Gasteiger partial charge in [0.25, 0.3) is 0 Å². The van der Waals surface area contributed by atoms with Crippen molar-refractivity contribution in [1.82, 2.24) is 0 Å². The fraction of sp³-hybridized carbons (Fsp3) is 0.462. The van der Waals surface area contributed by atoms with Gasteiger partial charge in [0.15, 0.2) is 6.40 Å². The van der Waals surface area contributed by atoms with Crippen LogP contribution in [0.15, 0.2) is 29.3 Å². The molecule has 0 saturated heterocycles. The standard InChI is InChI=1S/C13H13F4NO2/c14-12(15)13(16,17)20-11-3-1-2-9(6-11)4-5-10-7-19-8-18-10/h1-3,6,8,10,12H,4-5,7H2. The summed E-state index contributed by atoms with van der Waals surface area (Å²) in [6.45, 7) is 0.500. The quantitative estimate of drug-likeness (QED) is 0.753. The van der Waals surface area contributed by atoms with Gasteiger partial charge in [0.2, 0.25) is 0 Å². The molecule has 110 valence electrons. The molecule has 0 aromatic heterocycles. The van der Waals surface area contributed by atoms with Crippen molar-refractivity contribution < 1.29 is 27.0 Å². The Kier molecular flexibility index (Phi) is 4.46. The molecule has 0 amide bonds. The average Bonchev–Trinajstić information content (AvgIpc) is 2.89. The maximum atomic E-state index is 12.8. The lowest BCUT2D eigenvalue weighted by molar-refractivity contribution is -0.253. The molecule has 0 radical (unpaired) electrons. The zero-order valence-corrected chi connectivity index (χ0v) is 10.4. The number of alkyl halides is 4. The molecule has 1 aromatic rings. The van der Waals surface area contributed by atoms with E-state index >= 15 is 0 Å². The largest absolute Gasteiger partial charge is 0.481 e. The van der Waals surface area contributed by atoms with E-state index in [0.29, 0.717) is 19.4 Å². The van der Waals surface area contributed by atoms with Crippen LogP contribution in [0.1, 0.15) is 12.0 Å². The Morgan fingerprint density at radius 2 is 2.20 bits per heavy atom. The van der Waals surface area contributed by atoms with Crippen molar-refractivity contribution in [3.63, 3.8) is 0 Å². The molecule has 20 heavy (non-hydrogen) atoms. The summed E-state index contributed by atoms with van der Waals surface area (Å²) in [5.74, 6) is -0.279. The fourth-order valence-electron chi connectivity index (χ4n) is 1.78. The molecular formula is C13H13F4NO2. The van der Waals surface area contributed by atoms with Gasteiger partial charge in [0.1, 0.15) is 12.4 Å². The zero-order chi connectivity index (χ0) is 14.6. The maximum absolute atomic E-state index is 12.8. The minimum absolute atomic E-state index is 0.0436. The summed E-state index contributed by atoms with van der Waals surface area (Å²) in [5.41, 5.74) is 0.717. The van der Waals surface area contributed by atoms with Crippen LogP contribution in [-0.2, 0) is 11.2 Å². The molecule has 0 fully saturated rings. The fourth-order valence-corrected chi connectivity index (χ4v) is 1.78. The summed E-state index contributed by atoms with van der Waals surface area (Å²) in [5, 5.41) is 0. The van der Waals surface area contributed by atoms with Gasteiger partial charge in [-0.2, -0.15) is 17.6 Å². The minimum atomic E-state index is -4.48. The van der Waals surface area contributed by atoms with E-state index in [1.54, 1.807) is 6.07 Å². The molecule has 1 heterocycles. The highest BCUT2D eigenvalue weighted by molar-refractivity contribution is 5.48. The van der Waals surface area contributed by atoms with E-state index < -0.39 is 12.5 Å². The summed E-state index contributed by atoms with van der Waals surface area (Å²) in [7, 11) is 0. The van der Waals surface area contributed by atoms with Gasteiger partial charge in [-0.15, -0.1) is 0 Å². The molecule has 0 spiro atoms. The van der Waals surface area contributed by atoms with Gasteiger partial charge < -0.3 is 9.47 Å². The first-order chi connectivity index (χ1) is 9.47. The normalized spacial score (nSPS) is 18.4. The predicted molar refractivity (Wildman–Crippen MR) is 64.6 cm³/mol. The van der Waals surface area contributed by atoms with Crippen LogP contribution in [0.5, 0.6) is 5.75 Å². The van der Waals surface area contributed by atoms with Crippen molar-refractivity contribution in [2.75, 3.05) is 6.61 Å². The molecule has 0 N–H and O–H groups in total. The van der Waals surface area contributed by atoms with E-state index in [9.17, 15) is 17.6 Å². The molecule has 0 bridgehead atoms. The topological polar surface area (TPSA) is 30.8 Å². The number of ether oxygens (including phenoxy) is 2. The van der Waals surface area contributed by atoms with Crippen LogP contribution in [0.4, 0.5) is 17.6 Å². The van der Waals surface area contributed by atoms with E-state index in [-0.39, 0.29) is 11.8 Å². The molecule has 2 rings (SSSR count). The van der Waals surface area contributed by atoms with Crippen molar-refractivity contribution in [2.45, 2.75) is 31.4 Å². The van der Waals surface area contributed by atoms with Gasteiger partial charge in [-0.25, -0.2) is 0 Å². The van der Waals surface area contributed by atoms with Crippen molar-refractivity contribution in [3.05, 3.63) is 29.8 Å². The number of nitrogens with zero attached hydrogens (tertiary/aromatic N) is 1. The molecule has 1 aliphatic heterocycles. The van der Waals surface area contributed by atoms with E-state index in [2.05, 4.69) is 9.73 Å². The van der Waals surface area contributed by atoms with Crippen molar-refractivity contribution >= 4 is 6.40 Å². The van der Waals surface area contributed by atoms with Crippen LogP contribution in [0.2, 0.25) is 0 Å². The lowest BCUT2D eigenvalue weighted by Crippen LogP contribution is -2.33. The number of hydrogen-bond donors (Lipinski definition) is 0. The molecule has 3 nitrogen and oxygen atoms in total. The third-order valence-corrected chi connectivity index (χ3v) is 2.81. The third-order valence-electron chi connectivity index (χ3n) is 2.81. The Morgan fingerprint density at radius 3 is 2.85 bits per heavy atom. The second-order valence-corrected chi connectivity index (χ2v) is 4.39. The number of benzene rings is 1. The summed E-state index contributed by atoms with van der Waals surface area (Å²) in [6.07, 6.45) is -5.71. The predicted octanol–water partition coefficient (Wildman–Crippen LogP) is 3.28. The lowest BCUT2D eigenvalue weighted by Gasteiger charge is -2.17. The summed E-state index contributed by atoms with van der Waals surface area (Å²) in [6, 6.07) is 5.79. The van der Waals surface area contributed by atoms with Crippen molar-refractivity contribution in [3.8, 4) is 5.75 Å². The summed E-state index contributed by atoms with van der Waals surface area (Å²) < 4.78 is 58.7. The van der Waals surface area contributed by atoms with Gasteiger partial charge in [0.05, 0.1) is 6.04 Å². The second kappa shape index (κ2) is 6.11. The molecule has 1 aromatic carbocycles. The Bertz CT molecular complexity index is 479. The molecule has 0 saturated carbocycles. The third kappa shape index (κ3) is 3.85. The molecule has 1 atom stereocenters. The summed E-state index contributed by atoms with van der Waals surface area (Å²) in [4.78, 5) is 4.06. The lowest BCUT2D eigenvalue weighted by atomic mass is 10.1. The Labute approximate surface area is 113 Å². The molecule has 1 unspecified atom stereocenters. The highest BCUT2D eigenvalue weighted by atomic mass is 19.3. The smallest absolute Gasteiger partial charge is 0.461 e. The summed E-state index contributed by atoms with van der Waals surface area (Å²) >= 11 is 0. The molecule has 7 heteroatoms. The first-order valence-corrected chi connectivity index (χ1v) is 6.04. The highest BCUT2D eigenvalue weighted by Crippen LogP contribution is 2.28. The van der Waals surface area contributed by atoms with E-state index in [1.807, 2.05) is 0 Å². The molecular weight excluding hydrogens is 278 g/mol. The Balaban J connectivity index is 1.95. The highest BCUT2D eigenvalue weighted by Gasteiger charge is 2.43. The first-order valence-electron chi connectivity index (χ1n) is 6.04. The van der Waals surface area contributed by atoms with Crippen molar-refractivity contribution in [1.29, 1.82) is 0 Å². The van der Waals surface area contributed by atoms with E-state index in [1.165, 1.54) is 24.6 Å². The number of hydrogen-bond acceptors (Lipinski definition) is 3. The van der Waals surface area contributed by atoms with Gasteiger partial charge in [0, 0.05) is 0 Å². The number of halogens is 4. The Morgan fingerprint density at radius 1 is 1.40 bits per heavy atom. The molecule has 1 aliphatic rings. The van der Waals surface area contributed by atoms with Crippen LogP contribution in [0.3, 0.4) is 0 Å². The van der Waals surface area contributed by atoms with Gasteiger partial charge in [-0.1, -0.05) is 12.1 Å². The Hall–Kier alpha value is -1.79. The van der Waals surface area contributed by atoms with Gasteiger partial charge in [-0.05, 0) is 30.5 Å². The first kappa shape index (κ1) is 14.6. The van der Waals surface area contributed by atoms with Crippen LogP contribution in [0.25, 0.3) is 0 Å². The monoisotopic (exact) mass is 291 g/mol. The van der Waals surface area contributed by atoms with Crippen LogP contribution in [-0.4, -0.2) is 31.6 Å².